The maximum atomic E-state index is 12.0. The van der Waals surface area contributed by atoms with Crippen molar-refractivity contribution in [3.8, 4) is 0 Å². The Morgan fingerprint density at radius 3 is 2.56 bits per heavy atom. The number of carboxylic acid groups (broad SMARTS) is 1. The summed E-state index contributed by atoms with van der Waals surface area (Å²) in [6.45, 7) is 0. The van der Waals surface area contributed by atoms with Crippen LogP contribution in [-0.4, -0.2) is 34.5 Å². The van der Waals surface area contributed by atoms with Gasteiger partial charge in [0.25, 0.3) is 0 Å². The van der Waals surface area contributed by atoms with Crippen LogP contribution in [-0.2, 0) is 14.4 Å². The van der Waals surface area contributed by atoms with Gasteiger partial charge in [-0.3, -0.25) is 14.4 Å². The second-order valence-corrected chi connectivity index (χ2v) is 5.21. The SMILES string of the molecule is O=C(O)CC1(NC(=O)[C@@H]2CCC(=O)N2)CCCC1. The lowest BCUT2D eigenvalue weighted by Gasteiger charge is -2.30. The van der Waals surface area contributed by atoms with Gasteiger partial charge in [-0.2, -0.15) is 0 Å². The molecular weight excluding hydrogens is 236 g/mol. The van der Waals surface area contributed by atoms with Gasteiger partial charge in [-0.25, -0.2) is 0 Å². The number of aliphatic carboxylic acids is 1. The molecule has 1 saturated carbocycles. The molecule has 0 bridgehead atoms. The van der Waals surface area contributed by atoms with Crippen molar-refractivity contribution in [2.24, 2.45) is 0 Å². The fourth-order valence-corrected chi connectivity index (χ4v) is 2.85. The van der Waals surface area contributed by atoms with E-state index in [1.807, 2.05) is 0 Å². The van der Waals surface area contributed by atoms with Crippen LogP contribution in [0.15, 0.2) is 0 Å². The molecular formula is C12H18N2O4. The standard InChI is InChI=1S/C12H18N2O4/c15-9-4-3-8(13-9)11(18)14-12(7-10(16)17)5-1-2-6-12/h8H,1-7H2,(H,13,15)(H,14,18)(H,16,17)/t8-/m0/s1. The Hall–Kier alpha value is -1.59. The van der Waals surface area contributed by atoms with Crippen LogP contribution >= 0.6 is 0 Å². The number of hydrogen-bond acceptors (Lipinski definition) is 3. The number of carbonyl (C=O) groups is 3. The maximum absolute atomic E-state index is 12.0. The van der Waals surface area contributed by atoms with Crippen LogP contribution in [0.1, 0.15) is 44.9 Å². The zero-order valence-corrected chi connectivity index (χ0v) is 10.2. The molecule has 2 fully saturated rings. The minimum absolute atomic E-state index is 0.0423. The summed E-state index contributed by atoms with van der Waals surface area (Å²) in [6.07, 6.45) is 4.09. The van der Waals surface area contributed by atoms with Gasteiger partial charge in [0.1, 0.15) is 6.04 Å². The van der Waals surface area contributed by atoms with Crippen LogP contribution < -0.4 is 10.6 Å². The van der Waals surface area contributed by atoms with Crippen LogP contribution in [0.25, 0.3) is 0 Å². The maximum Gasteiger partial charge on any atom is 0.305 e. The molecule has 0 aromatic heterocycles. The van der Waals surface area contributed by atoms with E-state index in [4.69, 9.17) is 5.11 Å². The molecule has 100 valence electrons. The minimum atomic E-state index is -0.896. The Bertz CT molecular complexity index is 374. The molecule has 2 amide bonds. The highest BCUT2D eigenvalue weighted by Gasteiger charge is 2.39. The Balaban J connectivity index is 1.98. The monoisotopic (exact) mass is 254 g/mol. The lowest BCUT2D eigenvalue weighted by atomic mass is 9.92. The van der Waals surface area contributed by atoms with Crippen LogP contribution in [0.5, 0.6) is 0 Å². The van der Waals surface area contributed by atoms with Gasteiger partial charge in [-0.1, -0.05) is 12.8 Å². The van der Waals surface area contributed by atoms with Crippen molar-refractivity contribution in [3.63, 3.8) is 0 Å². The fourth-order valence-electron chi connectivity index (χ4n) is 2.85. The molecule has 0 aromatic carbocycles. The number of rotatable bonds is 4. The van der Waals surface area contributed by atoms with E-state index in [9.17, 15) is 14.4 Å². The molecule has 0 spiro atoms. The summed E-state index contributed by atoms with van der Waals surface area (Å²) in [5, 5.41) is 14.4. The van der Waals surface area contributed by atoms with Crippen molar-refractivity contribution < 1.29 is 19.5 Å². The second kappa shape index (κ2) is 4.96. The number of nitrogens with one attached hydrogen (secondary N) is 2. The largest absolute Gasteiger partial charge is 0.481 e. The molecule has 1 aliphatic carbocycles. The summed E-state index contributed by atoms with van der Waals surface area (Å²) >= 11 is 0. The van der Waals surface area contributed by atoms with Gasteiger partial charge >= 0.3 is 5.97 Å². The van der Waals surface area contributed by atoms with Gasteiger partial charge in [0, 0.05) is 6.42 Å². The van der Waals surface area contributed by atoms with Crippen LogP contribution in [0.4, 0.5) is 0 Å². The van der Waals surface area contributed by atoms with Gasteiger partial charge < -0.3 is 15.7 Å². The summed E-state index contributed by atoms with van der Waals surface area (Å²) < 4.78 is 0. The Morgan fingerprint density at radius 2 is 2.06 bits per heavy atom. The van der Waals surface area contributed by atoms with Gasteiger partial charge in [-0.05, 0) is 19.3 Å². The molecule has 1 aliphatic heterocycles. The minimum Gasteiger partial charge on any atom is -0.481 e. The molecule has 0 aromatic rings. The zero-order valence-electron chi connectivity index (χ0n) is 10.2. The topological polar surface area (TPSA) is 95.5 Å². The normalized spacial score (nSPS) is 25.8. The molecule has 0 radical (unpaired) electrons. The van der Waals surface area contributed by atoms with E-state index < -0.39 is 17.6 Å². The number of amides is 2. The Labute approximate surface area is 105 Å². The van der Waals surface area contributed by atoms with Crippen molar-refractivity contribution in [2.75, 3.05) is 0 Å². The predicted octanol–water partition coefficient (Wildman–Crippen LogP) is 0.169. The van der Waals surface area contributed by atoms with Crippen molar-refractivity contribution in [3.05, 3.63) is 0 Å². The predicted molar refractivity (Wildman–Crippen MR) is 62.8 cm³/mol. The highest BCUT2D eigenvalue weighted by atomic mass is 16.4. The third-order valence-electron chi connectivity index (χ3n) is 3.75. The first-order chi connectivity index (χ1) is 8.51. The van der Waals surface area contributed by atoms with Crippen LogP contribution in [0, 0.1) is 0 Å². The van der Waals surface area contributed by atoms with Crippen LogP contribution in [0.3, 0.4) is 0 Å². The van der Waals surface area contributed by atoms with Crippen molar-refractivity contribution in [1.29, 1.82) is 0 Å². The summed E-state index contributed by atoms with van der Waals surface area (Å²) in [5.41, 5.74) is -0.615. The summed E-state index contributed by atoms with van der Waals surface area (Å²) in [7, 11) is 0. The molecule has 1 atom stereocenters. The molecule has 1 heterocycles. The first kappa shape index (κ1) is 12.9. The molecule has 18 heavy (non-hydrogen) atoms. The van der Waals surface area contributed by atoms with E-state index in [1.165, 1.54) is 0 Å². The summed E-state index contributed by atoms with van der Waals surface area (Å²) in [4.78, 5) is 34.0. The molecule has 3 N–H and O–H groups in total. The summed E-state index contributed by atoms with van der Waals surface area (Å²) in [6, 6.07) is -0.497. The molecule has 0 unspecified atom stereocenters. The Kier molecular flexibility index (Phi) is 3.54. The van der Waals surface area contributed by atoms with E-state index in [0.29, 0.717) is 25.7 Å². The summed E-state index contributed by atoms with van der Waals surface area (Å²) in [5.74, 6) is -1.26. The molecule has 2 aliphatic rings. The zero-order chi connectivity index (χ0) is 13.2. The number of carbonyl (C=O) groups excluding carboxylic acids is 2. The molecule has 6 heteroatoms. The van der Waals surface area contributed by atoms with Crippen molar-refractivity contribution >= 4 is 17.8 Å². The number of carboxylic acids is 1. The molecule has 2 rings (SSSR count). The lowest BCUT2D eigenvalue weighted by molar-refractivity contribution is -0.139. The van der Waals surface area contributed by atoms with Gasteiger partial charge in [0.15, 0.2) is 0 Å². The first-order valence-corrected chi connectivity index (χ1v) is 6.34. The molecule has 1 saturated heterocycles. The van der Waals surface area contributed by atoms with E-state index in [-0.39, 0.29) is 18.2 Å². The third-order valence-corrected chi connectivity index (χ3v) is 3.75. The quantitative estimate of drug-likeness (QED) is 0.666. The van der Waals surface area contributed by atoms with E-state index >= 15 is 0 Å². The van der Waals surface area contributed by atoms with E-state index in [0.717, 1.165) is 12.8 Å². The lowest BCUT2D eigenvalue weighted by Crippen LogP contribution is -2.53. The van der Waals surface area contributed by atoms with E-state index in [2.05, 4.69) is 10.6 Å². The fraction of sp³-hybridized carbons (Fsp3) is 0.750. The second-order valence-electron chi connectivity index (χ2n) is 5.21. The highest BCUT2D eigenvalue weighted by molar-refractivity contribution is 5.91. The first-order valence-electron chi connectivity index (χ1n) is 6.34. The van der Waals surface area contributed by atoms with Crippen molar-refractivity contribution in [2.45, 2.75) is 56.5 Å². The van der Waals surface area contributed by atoms with Crippen molar-refractivity contribution in [1.82, 2.24) is 10.6 Å². The van der Waals surface area contributed by atoms with Gasteiger partial charge in [-0.15, -0.1) is 0 Å². The molecule has 6 nitrogen and oxygen atoms in total. The highest BCUT2D eigenvalue weighted by Crippen LogP contribution is 2.32. The van der Waals surface area contributed by atoms with Crippen LogP contribution in [0.2, 0.25) is 0 Å². The number of hydrogen-bond donors (Lipinski definition) is 3. The average molecular weight is 254 g/mol. The Morgan fingerprint density at radius 1 is 1.39 bits per heavy atom. The smallest absolute Gasteiger partial charge is 0.305 e. The van der Waals surface area contributed by atoms with E-state index in [1.54, 1.807) is 0 Å². The van der Waals surface area contributed by atoms with Gasteiger partial charge in [0.2, 0.25) is 11.8 Å². The average Bonchev–Trinajstić information content (AvgIpc) is 2.87. The van der Waals surface area contributed by atoms with Gasteiger partial charge in [0.05, 0.1) is 12.0 Å². The third kappa shape index (κ3) is 2.80.